The van der Waals surface area contributed by atoms with Crippen LogP contribution < -0.4 is 5.73 Å². The Morgan fingerprint density at radius 2 is 2.25 bits per heavy atom. The van der Waals surface area contributed by atoms with E-state index in [2.05, 4.69) is 36.2 Å². The van der Waals surface area contributed by atoms with E-state index in [0.29, 0.717) is 5.92 Å². The lowest BCUT2D eigenvalue weighted by molar-refractivity contribution is 0.265. The van der Waals surface area contributed by atoms with Gasteiger partial charge in [0, 0.05) is 24.5 Å². The first kappa shape index (κ1) is 13.6. The summed E-state index contributed by atoms with van der Waals surface area (Å²) in [6.45, 7) is 8.28. The SMILES string of the molecule is CCC(C)C(N)CN(C)Cc1csc(C)n1. The van der Waals surface area contributed by atoms with Crippen LogP contribution in [0, 0.1) is 12.8 Å². The van der Waals surface area contributed by atoms with Gasteiger partial charge < -0.3 is 5.73 Å². The molecule has 0 saturated heterocycles. The monoisotopic (exact) mass is 241 g/mol. The number of hydrogen-bond acceptors (Lipinski definition) is 4. The maximum Gasteiger partial charge on any atom is 0.0897 e. The van der Waals surface area contributed by atoms with Gasteiger partial charge in [0.15, 0.2) is 0 Å². The van der Waals surface area contributed by atoms with E-state index >= 15 is 0 Å². The Kier molecular flexibility index (Phi) is 5.38. The van der Waals surface area contributed by atoms with Gasteiger partial charge in [0.25, 0.3) is 0 Å². The largest absolute Gasteiger partial charge is 0.326 e. The Labute approximate surface area is 103 Å². The minimum absolute atomic E-state index is 0.259. The van der Waals surface area contributed by atoms with Crippen molar-refractivity contribution < 1.29 is 0 Å². The molecule has 0 amide bonds. The van der Waals surface area contributed by atoms with Crippen LogP contribution >= 0.6 is 11.3 Å². The molecule has 4 heteroatoms. The van der Waals surface area contributed by atoms with Gasteiger partial charge in [0.05, 0.1) is 10.7 Å². The average Bonchev–Trinajstić information content (AvgIpc) is 2.62. The molecule has 0 aromatic carbocycles. The molecule has 0 aliphatic heterocycles. The summed E-state index contributed by atoms with van der Waals surface area (Å²) in [6, 6.07) is 0.259. The van der Waals surface area contributed by atoms with Gasteiger partial charge in [-0.2, -0.15) is 0 Å². The molecule has 2 atom stereocenters. The first-order valence-corrected chi connectivity index (χ1v) is 6.76. The van der Waals surface area contributed by atoms with Crippen LogP contribution in [0.25, 0.3) is 0 Å². The fourth-order valence-electron chi connectivity index (χ4n) is 1.66. The Bertz CT molecular complexity index is 311. The Balaban J connectivity index is 2.38. The van der Waals surface area contributed by atoms with Gasteiger partial charge >= 0.3 is 0 Å². The number of likely N-dealkylation sites (N-methyl/N-ethyl adjacent to an activating group) is 1. The van der Waals surface area contributed by atoms with E-state index in [1.54, 1.807) is 11.3 Å². The van der Waals surface area contributed by atoms with Crippen LogP contribution in [0.3, 0.4) is 0 Å². The molecule has 0 spiro atoms. The Morgan fingerprint density at radius 1 is 1.56 bits per heavy atom. The normalized spacial score (nSPS) is 15.4. The van der Waals surface area contributed by atoms with Crippen LogP contribution in [0.15, 0.2) is 5.38 Å². The van der Waals surface area contributed by atoms with E-state index in [1.807, 2.05) is 6.92 Å². The average molecular weight is 241 g/mol. The van der Waals surface area contributed by atoms with Crippen LogP contribution in [0.5, 0.6) is 0 Å². The molecule has 1 aromatic rings. The number of thiazole rings is 1. The number of nitrogens with zero attached hydrogens (tertiary/aromatic N) is 2. The second kappa shape index (κ2) is 6.33. The molecule has 16 heavy (non-hydrogen) atoms. The molecule has 1 aromatic heterocycles. The lowest BCUT2D eigenvalue weighted by atomic mass is 10.00. The molecular formula is C12H23N3S. The number of nitrogens with two attached hydrogens (primary N) is 1. The van der Waals surface area contributed by atoms with Crippen molar-refractivity contribution in [3.8, 4) is 0 Å². The standard InChI is InChI=1S/C12H23N3S/c1-5-9(2)12(13)7-15(4)6-11-8-16-10(3)14-11/h8-9,12H,5-7,13H2,1-4H3. The summed E-state index contributed by atoms with van der Waals surface area (Å²) in [7, 11) is 2.11. The highest BCUT2D eigenvalue weighted by atomic mass is 32.1. The highest BCUT2D eigenvalue weighted by Crippen LogP contribution is 2.11. The Hall–Kier alpha value is -0.450. The maximum absolute atomic E-state index is 6.13. The summed E-state index contributed by atoms with van der Waals surface area (Å²) >= 11 is 1.71. The third-order valence-electron chi connectivity index (χ3n) is 3.00. The number of hydrogen-bond donors (Lipinski definition) is 1. The zero-order chi connectivity index (χ0) is 12.1. The minimum Gasteiger partial charge on any atom is -0.326 e. The van der Waals surface area contributed by atoms with E-state index in [9.17, 15) is 0 Å². The third kappa shape index (κ3) is 4.20. The predicted molar refractivity (Wildman–Crippen MR) is 70.6 cm³/mol. The van der Waals surface area contributed by atoms with Crippen molar-refractivity contribution in [3.05, 3.63) is 16.1 Å². The molecule has 2 N–H and O–H groups in total. The first-order valence-electron chi connectivity index (χ1n) is 5.88. The number of aryl methyl sites for hydroxylation is 1. The molecule has 0 bridgehead atoms. The van der Waals surface area contributed by atoms with E-state index in [1.165, 1.54) is 0 Å². The van der Waals surface area contributed by atoms with Crippen LogP contribution in [0.4, 0.5) is 0 Å². The lowest BCUT2D eigenvalue weighted by Crippen LogP contribution is -2.39. The quantitative estimate of drug-likeness (QED) is 0.830. The van der Waals surface area contributed by atoms with Crippen molar-refractivity contribution in [2.24, 2.45) is 11.7 Å². The van der Waals surface area contributed by atoms with Crippen LogP contribution in [-0.2, 0) is 6.54 Å². The smallest absolute Gasteiger partial charge is 0.0897 e. The van der Waals surface area contributed by atoms with Gasteiger partial charge in [-0.05, 0) is 19.9 Å². The molecule has 2 unspecified atom stereocenters. The van der Waals surface area contributed by atoms with Gasteiger partial charge in [0.1, 0.15) is 0 Å². The van der Waals surface area contributed by atoms with Crippen molar-refractivity contribution in [2.45, 2.75) is 39.8 Å². The zero-order valence-corrected chi connectivity index (χ0v) is 11.5. The fourth-order valence-corrected chi connectivity index (χ4v) is 2.27. The topological polar surface area (TPSA) is 42.1 Å². The summed E-state index contributed by atoms with van der Waals surface area (Å²) in [4.78, 5) is 6.71. The molecule has 1 rings (SSSR count). The molecule has 0 fully saturated rings. The molecule has 1 heterocycles. The van der Waals surface area contributed by atoms with Gasteiger partial charge in [-0.25, -0.2) is 4.98 Å². The highest BCUT2D eigenvalue weighted by Gasteiger charge is 2.13. The van der Waals surface area contributed by atoms with E-state index in [0.717, 1.165) is 30.2 Å². The molecule has 92 valence electrons. The molecule has 0 aliphatic carbocycles. The van der Waals surface area contributed by atoms with Gasteiger partial charge in [-0.1, -0.05) is 20.3 Å². The molecule has 3 nitrogen and oxygen atoms in total. The fraction of sp³-hybridized carbons (Fsp3) is 0.750. The zero-order valence-electron chi connectivity index (χ0n) is 10.7. The van der Waals surface area contributed by atoms with E-state index in [-0.39, 0.29) is 6.04 Å². The second-order valence-corrected chi connectivity index (χ2v) is 5.67. The van der Waals surface area contributed by atoms with E-state index in [4.69, 9.17) is 5.73 Å². The summed E-state index contributed by atoms with van der Waals surface area (Å²) in [6.07, 6.45) is 1.14. The third-order valence-corrected chi connectivity index (χ3v) is 3.82. The van der Waals surface area contributed by atoms with Crippen molar-refractivity contribution >= 4 is 11.3 Å². The van der Waals surface area contributed by atoms with Crippen LogP contribution in [0.1, 0.15) is 31.0 Å². The highest BCUT2D eigenvalue weighted by molar-refractivity contribution is 7.09. The van der Waals surface area contributed by atoms with E-state index < -0.39 is 0 Å². The minimum atomic E-state index is 0.259. The number of aromatic nitrogens is 1. The molecule has 0 radical (unpaired) electrons. The van der Waals surface area contributed by atoms with Crippen molar-refractivity contribution in [1.29, 1.82) is 0 Å². The van der Waals surface area contributed by atoms with Gasteiger partial charge in [-0.3, -0.25) is 4.90 Å². The second-order valence-electron chi connectivity index (χ2n) is 4.60. The summed E-state index contributed by atoms with van der Waals surface area (Å²) in [5.74, 6) is 0.583. The number of rotatable bonds is 6. The van der Waals surface area contributed by atoms with Gasteiger partial charge in [-0.15, -0.1) is 11.3 Å². The maximum atomic E-state index is 6.13. The predicted octanol–water partition coefficient (Wildman–Crippen LogP) is 2.26. The molecular weight excluding hydrogens is 218 g/mol. The van der Waals surface area contributed by atoms with Gasteiger partial charge in [0.2, 0.25) is 0 Å². The van der Waals surface area contributed by atoms with Crippen LogP contribution in [0.2, 0.25) is 0 Å². The van der Waals surface area contributed by atoms with Crippen molar-refractivity contribution in [3.63, 3.8) is 0 Å². The summed E-state index contributed by atoms with van der Waals surface area (Å²) in [5.41, 5.74) is 7.28. The molecule has 0 aliphatic rings. The summed E-state index contributed by atoms with van der Waals surface area (Å²) in [5, 5.41) is 3.26. The first-order chi connectivity index (χ1) is 7.52. The van der Waals surface area contributed by atoms with Crippen molar-refractivity contribution in [2.75, 3.05) is 13.6 Å². The Morgan fingerprint density at radius 3 is 2.75 bits per heavy atom. The van der Waals surface area contributed by atoms with Crippen molar-refractivity contribution in [1.82, 2.24) is 9.88 Å². The molecule has 0 saturated carbocycles. The summed E-state index contributed by atoms with van der Waals surface area (Å²) < 4.78 is 0. The lowest BCUT2D eigenvalue weighted by Gasteiger charge is -2.24. The van der Waals surface area contributed by atoms with Crippen LogP contribution in [-0.4, -0.2) is 29.5 Å².